The van der Waals surface area contributed by atoms with Gasteiger partial charge in [0.25, 0.3) is 0 Å². The lowest BCUT2D eigenvalue weighted by molar-refractivity contribution is -0.461. The van der Waals surface area contributed by atoms with Crippen LogP contribution >= 0.6 is 0 Å². The van der Waals surface area contributed by atoms with Crippen molar-refractivity contribution in [2.45, 2.75) is 61.0 Å². The lowest BCUT2D eigenvalue weighted by atomic mass is 9.88. The molecule has 0 aliphatic heterocycles. The molecule has 230 valence electrons. The Balaban J connectivity index is 5.73. The van der Waals surface area contributed by atoms with Gasteiger partial charge in [-0.25, -0.2) is 9.59 Å². The normalized spacial score (nSPS) is 14.6. The molecule has 0 saturated carbocycles. The fourth-order valence-corrected chi connectivity index (χ4v) is 2.10. The third kappa shape index (κ3) is 6.38. The van der Waals surface area contributed by atoms with Gasteiger partial charge in [-0.2, -0.15) is 74.6 Å². The summed E-state index contributed by atoms with van der Waals surface area (Å²) >= 11 is 0. The summed E-state index contributed by atoms with van der Waals surface area (Å²) in [6.45, 7) is 0.981. The van der Waals surface area contributed by atoms with Crippen LogP contribution in [0.25, 0.3) is 0 Å². The number of rotatable bonds is 13. The Morgan fingerprint density at radius 2 is 1.00 bits per heavy atom. The van der Waals surface area contributed by atoms with Gasteiger partial charge in [-0.3, -0.25) is 0 Å². The van der Waals surface area contributed by atoms with Crippen molar-refractivity contribution in [3.05, 3.63) is 12.2 Å². The number of alkyl carbamates (subject to hydrolysis) is 1. The number of carbonyl (C=O) groups excluding carboxylic acids is 2. The quantitative estimate of drug-likeness (QED) is 0.115. The standard InChI is InChI=1S/C17H14F17NO4/c1-7(2)8(36)38-6-4-35-9(37)39-5-3-10(18,19)11(20,21)12(22,23)13(24,25)14(26,27)15(28,29)16(30,31)17(32,33)34/h1,3-6H2,2H3,(H,35,37). The number of halogens is 17. The number of amides is 1. The first-order valence-electron chi connectivity index (χ1n) is 9.42. The molecular weight excluding hydrogens is 605 g/mol. The van der Waals surface area contributed by atoms with Crippen LogP contribution in [0.15, 0.2) is 12.2 Å². The molecule has 1 N–H and O–H groups in total. The van der Waals surface area contributed by atoms with E-state index in [9.17, 15) is 84.2 Å². The van der Waals surface area contributed by atoms with Crippen LogP contribution in [-0.4, -0.2) is 79.5 Å². The van der Waals surface area contributed by atoms with E-state index in [1.165, 1.54) is 6.92 Å². The van der Waals surface area contributed by atoms with Crippen molar-refractivity contribution in [2.24, 2.45) is 0 Å². The smallest absolute Gasteiger partial charge is 0.460 e. The number of hydrogen-bond donors (Lipinski definition) is 1. The first-order chi connectivity index (χ1) is 17.0. The van der Waals surface area contributed by atoms with Gasteiger partial charge < -0.3 is 14.8 Å². The maximum Gasteiger partial charge on any atom is 0.460 e. The minimum Gasteiger partial charge on any atom is -0.460 e. The summed E-state index contributed by atoms with van der Waals surface area (Å²) in [6.07, 6.45) is -12.6. The van der Waals surface area contributed by atoms with Gasteiger partial charge in [0.2, 0.25) is 0 Å². The maximum absolute atomic E-state index is 13.7. The van der Waals surface area contributed by atoms with Crippen molar-refractivity contribution >= 4 is 12.1 Å². The Morgan fingerprint density at radius 1 is 0.615 bits per heavy atom. The van der Waals surface area contributed by atoms with E-state index in [-0.39, 0.29) is 5.57 Å². The van der Waals surface area contributed by atoms with E-state index in [4.69, 9.17) is 0 Å². The molecule has 0 saturated heterocycles. The molecule has 5 nitrogen and oxygen atoms in total. The van der Waals surface area contributed by atoms with Gasteiger partial charge in [-0.1, -0.05) is 6.58 Å². The van der Waals surface area contributed by atoms with Crippen molar-refractivity contribution in [3.8, 4) is 0 Å². The van der Waals surface area contributed by atoms with Gasteiger partial charge >= 0.3 is 59.7 Å². The van der Waals surface area contributed by atoms with Crippen LogP contribution in [0.3, 0.4) is 0 Å². The number of hydrogen-bond acceptors (Lipinski definition) is 4. The van der Waals surface area contributed by atoms with Gasteiger partial charge in [0, 0.05) is 5.57 Å². The monoisotopic (exact) mass is 619 g/mol. The molecule has 0 atom stereocenters. The summed E-state index contributed by atoms with van der Waals surface area (Å²) in [5.74, 6) is -58.1. The van der Waals surface area contributed by atoms with Crippen LogP contribution in [0.1, 0.15) is 13.3 Å². The molecule has 0 aliphatic rings. The first-order valence-corrected chi connectivity index (χ1v) is 9.42. The third-order valence-corrected chi connectivity index (χ3v) is 4.39. The van der Waals surface area contributed by atoms with Crippen LogP contribution in [0.4, 0.5) is 79.4 Å². The largest absolute Gasteiger partial charge is 0.460 e. The maximum atomic E-state index is 13.7. The molecule has 0 radical (unpaired) electrons. The summed E-state index contributed by atoms with van der Waals surface area (Å²) < 4.78 is 232. The van der Waals surface area contributed by atoms with Gasteiger partial charge in [-0.05, 0) is 6.92 Å². The molecular formula is C17H14F17NO4. The zero-order valence-corrected chi connectivity index (χ0v) is 18.6. The molecule has 0 aliphatic carbocycles. The highest BCUT2D eigenvalue weighted by Crippen LogP contribution is 2.64. The van der Waals surface area contributed by atoms with Gasteiger partial charge in [0.05, 0.1) is 19.6 Å². The number of ether oxygens (including phenoxy) is 2. The predicted molar refractivity (Wildman–Crippen MR) is 90.4 cm³/mol. The molecule has 0 fully saturated rings. The third-order valence-electron chi connectivity index (χ3n) is 4.39. The summed E-state index contributed by atoms with van der Waals surface area (Å²) in [4.78, 5) is 22.2. The van der Waals surface area contributed by atoms with E-state index >= 15 is 0 Å². The van der Waals surface area contributed by atoms with Crippen LogP contribution in [-0.2, 0) is 14.3 Å². The van der Waals surface area contributed by atoms with E-state index in [0.717, 1.165) is 0 Å². The second-order valence-electron chi connectivity index (χ2n) is 7.38. The number of carbonyl (C=O) groups is 2. The molecule has 0 aromatic rings. The van der Waals surface area contributed by atoms with Crippen LogP contribution < -0.4 is 5.32 Å². The average molecular weight is 619 g/mol. The van der Waals surface area contributed by atoms with E-state index in [0.29, 0.717) is 0 Å². The molecule has 0 aromatic heterocycles. The minimum absolute atomic E-state index is 0.112. The summed E-state index contributed by atoms with van der Waals surface area (Å²) in [5, 5.41) is 1.61. The van der Waals surface area contributed by atoms with Crippen LogP contribution in [0.5, 0.6) is 0 Å². The van der Waals surface area contributed by atoms with Crippen molar-refractivity contribution in [3.63, 3.8) is 0 Å². The van der Waals surface area contributed by atoms with Crippen LogP contribution in [0, 0.1) is 0 Å². The molecule has 0 bridgehead atoms. The minimum atomic E-state index is -8.72. The lowest BCUT2D eigenvalue weighted by Gasteiger charge is -2.42. The van der Waals surface area contributed by atoms with Crippen molar-refractivity contribution in [1.29, 1.82) is 0 Å². The first kappa shape index (κ1) is 36.3. The van der Waals surface area contributed by atoms with Gasteiger partial charge in [0.1, 0.15) is 6.61 Å². The highest BCUT2D eigenvalue weighted by atomic mass is 19.4. The Bertz CT molecular complexity index is 913. The zero-order chi connectivity index (χ0) is 31.7. The van der Waals surface area contributed by atoms with E-state index in [1.807, 2.05) is 0 Å². The Morgan fingerprint density at radius 3 is 1.38 bits per heavy atom. The topological polar surface area (TPSA) is 64.6 Å². The van der Waals surface area contributed by atoms with Crippen molar-refractivity contribution < 1.29 is 93.7 Å². The van der Waals surface area contributed by atoms with E-state index in [1.54, 1.807) is 5.32 Å². The molecule has 39 heavy (non-hydrogen) atoms. The summed E-state index contributed by atoms with van der Waals surface area (Å²) in [6, 6.07) is 0. The Hall–Kier alpha value is -2.71. The zero-order valence-electron chi connectivity index (χ0n) is 18.6. The van der Waals surface area contributed by atoms with E-state index < -0.39 is 85.9 Å². The second-order valence-corrected chi connectivity index (χ2v) is 7.38. The molecule has 0 aromatic carbocycles. The molecule has 0 heterocycles. The van der Waals surface area contributed by atoms with E-state index in [2.05, 4.69) is 16.1 Å². The summed E-state index contributed by atoms with van der Waals surface area (Å²) in [5.41, 5.74) is -0.112. The molecule has 0 unspecified atom stereocenters. The number of alkyl halides is 17. The van der Waals surface area contributed by atoms with Crippen molar-refractivity contribution in [2.75, 3.05) is 19.8 Å². The Labute approximate surface area is 205 Å². The average Bonchev–Trinajstić information content (AvgIpc) is 2.74. The SMILES string of the molecule is C=C(C)C(=O)OCCNC(=O)OCCC(F)(F)C(F)(F)C(F)(F)C(F)(F)C(F)(F)C(F)(F)C(F)(F)C(F)(F)F. The molecule has 1 amide bonds. The fraction of sp³-hybridized carbons (Fsp3) is 0.765. The van der Waals surface area contributed by atoms with Gasteiger partial charge in [-0.15, -0.1) is 0 Å². The molecule has 22 heteroatoms. The van der Waals surface area contributed by atoms with Crippen molar-refractivity contribution in [1.82, 2.24) is 5.32 Å². The molecule has 0 spiro atoms. The molecule has 0 rings (SSSR count). The highest BCUT2D eigenvalue weighted by Gasteiger charge is 2.95. The lowest BCUT2D eigenvalue weighted by Crippen LogP contribution is -2.74. The predicted octanol–water partition coefficient (Wildman–Crippen LogP) is 6.23. The second kappa shape index (κ2) is 11.0. The number of nitrogens with one attached hydrogen (secondary N) is 1. The van der Waals surface area contributed by atoms with Gasteiger partial charge in [0.15, 0.2) is 0 Å². The Kier molecular flexibility index (Phi) is 10.3. The highest BCUT2D eigenvalue weighted by molar-refractivity contribution is 5.86. The number of esters is 1. The summed E-state index contributed by atoms with van der Waals surface area (Å²) in [7, 11) is 0. The fourth-order valence-electron chi connectivity index (χ4n) is 2.10. The van der Waals surface area contributed by atoms with Crippen LogP contribution in [0.2, 0.25) is 0 Å².